The van der Waals surface area contributed by atoms with Gasteiger partial charge in [-0.05, 0) is 70.1 Å². The molecule has 3 aromatic heterocycles. The average molecular weight is 847 g/mol. The van der Waals surface area contributed by atoms with E-state index in [2.05, 4.69) is 188 Å². The van der Waals surface area contributed by atoms with Gasteiger partial charge in [0.15, 0.2) is 17.5 Å². The summed E-state index contributed by atoms with van der Waals surface area (Å²) in [5, 5.41) is 5.82. The molecule has 1 aliphatic carbocycles. The summed E-state index contributed by atoms with van der Waals surface area (Å²) in [7, 11) is 0. The Bertz CT molecular complexity index is 3890. The van der Waals surface area contributed by atoms with Gasteiger partial charge in [0.05, 0.1) is 16.6 Å². The van der Waals surface area contributed by atoms with Gasteiger partial charge in [0, 0.05) is 64.3 Å². The minimum Gasteiger partial charge on any atom is -0.457 e. The van der Waals surface area contributed by atoms with Crippen LogP contribution in [0, 0.1) is 0 Å². The van der Waals surface area contributed by atoms with E-state index in [1.54, 1.807) is 11.3 Å². The predicted molar refractivity (Wildman–Crippen MR) is 265 cm³/mol. The highest BCUT2D eigenvalue weighted by Crippen LogP contribution is 2.62. The molecule has 12 aromatic rings. The summed E-state index contributed by atoms with van der Waals surface area (Å²) in [5.41, 5.74) is 12.4. The molecule has 2 aliphatic rings. The van der Waals surface area contributed by atoms with Gasteiger partial charge >= 0.3 is 0 Å². The van der Waals surface area contributed by atoms with Crippen LogP contribution in [0.4, 0.5) is 0 Å². The van der Waals surface area contributed by atoms with Gasteiger partial charge in [0.2, 0.25) is 0 Å². The van der Waals surface area contributed by atoms with Gasteiger partial charge in [0.1, 0.15) is 11.5 Å². The van der Waals surface area contributed by atoms with Crippen molar-refractivity contribution in [3.05, 3.63) is 229 Å². The van der Waals surface area contributed by atoms with Crippen LogP contribution in [-0.2, 0) is 5.41 Å². The molecule has 6 heteroatoms. The molecule has 9 aromatic carbocycles. The zero-order chi connectivity index (χ0) is 42.6. The van der Waals surface area contributed by atoms with Crippen molar-refractivity contribution in [1.29, 1.82) is 0 Å². The van der Waals surface area contributed by atoms with Crippen LogP contribution < -0.4 is 4.74 Å². The fourth-order valence-electron chi connectivity index (χ4n) is 10.6. The van der Waals surface area contributed by atoms with Gasteiger partial charge in [-0.2, -0.15) is 0 Å². The topological polar surface area (TPSA) is 60.8 Å². The predicted octanol–water partition coefficient (Wildman–Crippen LogP) is 15.1. The maximum absolute atomic E-state index is 6.63. The Morgan fingerprint density at radius 1 is 0.354 bits per heavy atom. The summed E-state index contributed by atoms with van der Waals surface area (Å²) >= 11 is 1.78. The summed E-state index contributed by atoms with van der Waals surface area (Å²) in [5.74, 6) is 3.67. The first kappa shape index (κ1) is 36.2. The second-order valence-electron chi connectivity index (χ2n) is 16.8. The van der Waals surface area contributed by atoms with Crippen molar-refractivity contribution >= 4 is 53.2 Å². The summed E-state index contributed by atoms with van der Waals surface area (Å²) in [6, 6.07) is 73.0. The van der Waals surface area contributed by atoms with Gasteiger partial charge in [0.25, 0.3) is 0 Å². The second-order valence-corrected chi connectivity index (χ2v) is 17.9. The first-order chi connectivity index (χ1) is 32.2. The Balaban J connectivity index is 0.960. The summed E-state index contributed by atoms with van der Waals surface area (Å²) < 4.78 is 9.04. The molecule has 0 atom stereocenters. The second kappa shape index (κ2) is 13.8. The van der Waals surface area contributed by atoms with Crippen molar-refractivity contribution in [2.24, 2.45) is 0 Å². The van der Waals surface area contributed by atoms with E-state index >= 15 is 0 Å². The van der Waals surface area contributed by atoms with Crippen LogP contribution >= 0.6 is 11.3 Å². The van der Waals surface area contributed by atoms with Crippen molar-refractivity contribution in [1.82, 2.24) is 19.9 Å². The van der Waals surface area contributed by atoms with Crippen molar-refractivity contribution in [2.45, 2.75) is 5.41 Å². The molecule has 65 heavy (non-hydrogen) atoms. The van der Waals surface area contributed by atoms with E-state index in [0.717, 1.165) is 72.2 Å². The van der Waals surface area contributed by atoms with Crippen LogP contribution in [0.3, 0.4) is 0 Å². The molecule has 5 nitrogen and oxygen atoms in total. The van der Waals surface area contributed by atoms with Crippen molar-refractivity contribution in [2.75, 3.05) is 0 Å². The number of rotatable bonds is 4. The highest BCUT2D eigenvalue weighted by atomic mass is 32.1. The van der Waals surface area contributed by atoms with Crippen molar-refractivity contribution in [3.8, 4) is 68.0 Å². The molecule has 4 heterocycles. The first-order valence-electron chi connectivity index (χ1n) is 21.9. The maximum atomic E-state index is 6.63. The van der Waals surface area contributed by atoms with Gasteiger partial charge in [-0.1, -0.05) is 164 Å². The van der Waals surface area contributed by atoms with E-state index in [0.29, 0.717) is 17.5 Å². The van der Waals surface area contributed by atoms with Crippen LogP contribution in [-0.4, -0.2) is 19.9 Å². The lowest BCUT2D eigenvalue weighted by Gasteiger charge is -2.39. The third-order valence-electron chi connectivity index (χ3n) is 13.4. The molecule has 14 rings (SSSR count). The van der Waals surface area contributed by atoms with Gasteiger partial charge in [-0.25, -0.2) is 19.9 Å². The largest absolute Gasteiger partial charge is 0.457 e. The summed E-state index contributed by atoms with van der Waals surface area (Å²) in [6.07, 6.45) is 0. The maximum Gasteiger partial charge on any atom is 0.165 e. The number of aromatic nitrogens is 4. The third-order valence-corrected chi connectivity index (χ3v) is 14.6. The molecule has 0 saturated carbocycles. The van der Waals surface area contributed by atoms with E-state index in [-0.39, 0.29) is 0 Å². The average Bonchev–Trinajstić information content (AvgIpc) is 3.89. The Morgan fingerprint density at radius 2 is 0.938 bits per heavy atom. The molecular weight excluding hydrogens is 813 g/mol. The molecule has 0 N–H and O–H groups in total. The molecule has 1 aliphatic heterocycles. The number of pyridine rings is 1. The molecule has 0 radical (unpaired) electrons. The number of para-hydroxylation sites is 3. The third kappa shape index (κ3) is 5.26. The highest BCUT2D eigenvalue weighted by molar-refractivity contribution is 7.26. The normalized spacial score (nSPS) is 13.2. The molecular formula is C59H34N4OS. The lowest BCUT2D eigenvalue weighted by Crippen LogP contribution is -2.32. The Labute approximate surface area is 378 Å². The summed E-state index contributed by atoms with van der Waals surface area (Å²) in [4.78, 5) is 20.9. The Morgan fingerprint density at radius 3 is 1.72 bits per heavy atom. The summed E-state index contributed by atoms with van der Waals surface area (Å²) in [6.45, 7) is 0. The van der Waals surface area contributed by atoms with Crippen LogP contribution in [0.5, 0.6) is 11.5 Å². The van der Waals surface area contributed by atoms with Crippen molar-refractivity contribution in [3.63, 3.8) is 0 Å². The van der Waals surface area contributed by atoms with Gasteiger partial charge in [-0.15, -0.1) is 11.3 Å². The lowest BCUT2D eigenvalue weighted by molar-refractivity contribution is 0.436. The zero-order valence-corrected chi connectivity index (χ0v) is 35.6. The van der Waals surface area contributed by atoms with E-state index in [9.17, 15) is 0 Å². The van der Waals surface area contributed by atoms with Crippen molar-refractivity contribution < 1.29 is 4.74 Å². The number of benzene rings is 9. The first-order valence-corrected chi connectivity index (χ1v) is 22.7. The zero-order valence-electron chi connectivity index (χ0n) is 34.7. The highest BCUT2D eigenvalue weighted by Gasteiger charge is 2.51. The molecule has 0 saturated heterocycles. The number of ether oxygens (including phenoxy) is 1. The quantitative estimate of drug-likeness (QED) is 0.165. The number of nitrogens with zero attached hydrogens (tertiary/aromatic N) is 4. The molecule has 0 bridgehead atoms. The molecule has 1 spiro atoms. The minimum absolute atomic E-state index is 0.567. The Hall–Kier alpha value is -8.32. The lowest BCUT2D eigenvalue weighted by atomic mass is 9.66. The standard InChI is InChI=1S/C59H34N4OS/c1-2-15-36(16-3-1)56-61-57(63-58(62-56)42-21-14-20-41-40-19-6-13-28-53(40)65-55(41)42)37-31-29-35(30-32-37)54-45-33-44-38-17-4-7-22-46(38)59(49(44)34-43(45)39-18-5-10-25-50(39)60-54)47-23-8-11-26-51(47)64-52-27-12-9-24-48(52)59/h1-34H. The fourth-order valence-corrected chi connectivity index (χ4v) is 11.8. The SMILES string of the molecule is c1ccc(-c2nc(-c3ccc(-c4nc5ccccc5c5cc6c(cc45)-c4ccccc4C64c5ccccc5Oc5ccccc54)cc3)nc(-c3cccc4c3sc3ccccc34)n2)cc1. The van der Waals surface area contributed by atoms with E-state index in [1.165, 1.54) is 42.4 Å². The number of thiophene rings is 1. The van der Waals surface area contributed by atoms with Gasteiger partial charge in [-0.3, -0.25) is 0 Å². The monoisotopic (exact) mass is 846 g/mol. The minimum atomic E-state index is -0.567. The Kier molecular flexibility index (Phi) is 7.71. The van der Waals surface area contributed by atoms with Crippen LogP contribution in [0.25, 0.3) is 98.4 Å². The smallest absolute Gasteiger partial charge is 0.165 e. The number of fused-ring (bicyclic) bond motifs is 15. The van der Waals surface area contributed by atoms with E-state index < -0.39 is 5.41 Å². The van der Waals surface area contributed by atoms with Gasteiger partial charge < -0.3 is 4.74 Å². The number of hydrogen-bond acceptors (Lipinski definition) is 6. The van der Waals surface area contributed by atoms with Crippen LogP contribution in [0.15, 0.2) is 206 Å². The van der Waals surface area contributed by atoms with E-state index in [4.69, 9.17) is 24.7 Å². The molecule has 0 amide bonds. The fraction of sp³-hybridized carbons (Fsp3) is 0.0169. The van der Waals surface area contributed by atoms with Crippen LogP contribution in [0.1, 0.15) is 22.3 Å². The van der Waals surface area contributed by atoms with E-state index in [1.807, 2.05) is 18.2 Å². The molecule has 0 fully saturated rings. The molecule has 302 valence electrons. The van der Waals surface area contributed by atoms with Crippen LogP contribution in [0.2, 0.25) is 0 Å². The molecule has 0 unspecified atom stereocenters. The number of hydrogen-bond donors (Lipinski definition) is 0.